The van der Waals surface area contributed by atoms with Gasteiger partial charge in [0.25, 0.3) is 0 Å². The molecule has 1 rings (SSSR count). The number of aliphatic hydroxyl groups is 1. The monoisotopic (exact) mass is 207 g/mol. The average molecular weight is 207 g/mol. The molecule has 84 valence electrons. The van der Waals surface area contributed by atoms with E-state index in [1.54, 1.807) is 0 Å². The van der Waals surface area contributed by atoms with Gasteiger partial charge in [-0.05, 0) is 44.8 Å². The number of aliphatic hydroxyl groups excluding tert-OH is 1. The molecule has 0 amide bonds. The number of nitrogens with one attached hydrogen (secondary N) is 1. The minimum Gasteiger partial charge on any atom is -0.396 e. The van der Waals surface area contributed by atoms with Crippen LogP contribution in [0.1, 0.15) is 24.0 Å². The lowest BCUT2D eigenvalue weighted by Crippen LogP contribution is -2.18. The molecule has 0 aliphatic rings. The Morgan fingerprint density at radius 1 is 1.20 bits per heavy atom. The molecule has 0 heterocycles. The first-order valence-corrected chi connectivity index (χ1v) is 5.70. The number of benzene rings is 1. The van der Waals surface area contributed by atoms with Crippen molar-refractivity contribution in [3.05, 3.63) is 35.4 Å². The Hall–Kier alpha value is -0.860. The molecule has 0 unspecified atom stereocenters. The van der Waals surface area contributed by atoms with Gasteiger partial charge in [0, 0.05) is 6.61 Å². The maximum atomic E-state index is 8.60. The van der Waals surface area contributed by atoms with E-state index in [-0.39, 0.29) is 0 Å². The van der Waals surface area contributed by atoms with Crippen LogP contribution >= 0.6 is 0 Å². The zero-order valence-electron chi connectivity index (χ0n) is 9.50. The van der Waals surface area contributed by atoms with Crippen LogP contribution in [0.25, 0.3) is 0 Å². The fourth-order valence-electron chi connectivity index (χ4n) is 1.59. The molecule has 0 aliphatic carbocycles. The molecule has 2 nitrogen and oxygen atoms in total. The number of aryl methyl sites for hydroxylation is 1. The van der Waals surface area contributed by atoms with Crippen molar-refractivity contribution >= 4 is 0 Å². The summed E-state index contributed by atoms with van der Waals surface area (Å²) in [7, 11) is 0. The molecular formula is C13H21NO. The normalized spacial score (nSPS) is 10.5. The Bertz CT molecular complexity index is 273. The summed E-state index contributed by atoms with van der Waals surface area (Å²) >= 11 is 0. The largest absolute Gasteiger partial charge is 0.396 e. The van der Waals surface area contributed by atoms with Gasteiger partial charge in [0.15, 0.2) is 0 Å². The van der Waals surface area contributed by atoms with Gasteiger partial charge in [-0.1, -0.05) is 29.8 Å². The molecule has 0 bridgehead atoms. The van der Waals surface area contributed by atoms with Crippen LogP contribution in [0.2, 0.25) is 0 Å². The lowest BCUT2D eigenvalue weighted by Gasteiger charge is -2.04. The van der Waals surface area contributed by atoms with Crippen LogP contribution in [0.15, 0.2) is 24.3 Å². The van der Waals surface area contributed by atoms with Gasteiger partial charge in [-0.15, -0.1) is 0 Å². The smallest absolute Gasteiger partial charge is 0.0431 e. The Kier molecular flexibility index (Phi) is 6.05. The lowest BCUT2D eigenvalue weighted by molar-refractivity contribution is 0.284. The van der Waals surface area contributed by atoms with E-state index in [0.717, 1.165) is 32.4 Å². The minimum absolute atomic E-state index is 0.305. The SMILES string of the molecule is Cc1cccc(CCNCCCCO)c1. The van der Waals surface area contributed by atoms with E-state index >= 15 is 0 Å². The third-order valence-electron chi connectivity index (χ3n) is 2.43. The van der Waals surface area contributed by atoms with Gasteiger partial charge < -0.3 is 10.4 Å². The van der Waals surface area contributed by atoms with Crippen molar-refractivity contribution in [2.75, 3.05) is 19.7 Å². The van der Waals surface area contributed by atoms with Crippen LogP contribution in [0.5, 0.6) is 0 Å². The first kappa shape index (κ1) is 12.2. The molecule has 15 heavy (non-hydrogen) atoms. The Morgan fingerprint density at radius 2 is 2.07 bits per heavy atom. The zero-order chi connectivity index (χ0) is 10.9. The molecule has 2 N–H and O–H groups in total. The van der Waals surface area contributed by atoms with E-state index < -0.39 is 0 Å². The van der Waals surface area contributed by atoms with Crippen molar-refractivity contribution in [1.29, 1.82) is 0 Å². The molecular weight excluding hydrogens is 186 g/mol. The maximum absolute atomic E-state index is 8.60. The number of hydrogen-bond acceptors (Lipinski definition) is 2. The predicted octanol–water partition coefficient (Wildman–Crippen LogP) is 1.90. The fraction of sp³-hybridized carbons (Fsp3) is 0.538. The number of unbranched alkanes of at least 4 members (excludes halogenated alkanes) is 1. The van der Waals surface area contributed by atoms with Gasteiger partial charge in [-0.3, -0.25) is 0 Å². The van der Waals surface area contributed by atoms with Crippen LogP contribution in [0.3, 0.4) is 0 Å². The van der Waals surface area contributed by atoms with Crippen LogP contribution in [0, 0.1) is 6.92 Å². The third kappa shape index (κ3) is 5.55. The van der Waals surface area contributed by atoms with Crippen molar-refractivity contribution < 1.29 is 5.11 Å². The van der Waals surface area contributed by atoms with Crippen molar-refractivity contribution in [2.24, 2.45) is 0 Å². The van der Waals surface area contributed by atoms with Crippen molar-refractivity contribution in [3.8, 4) is 0 Å². The van der Waals surface area contributed by atoms with E-state index in [0.29, 0.717) is 6.61 Å². The molecule has 0 aromatic heterocycles. The highest BCUT2D eigenvalue weighted by atomic mass is 16.2. The van der Waals surface area contributed by atoms with E-state index in [9.17, 15) is 0 Å². The summed E-state index contributed by atoms with van der Waals surface area (Å²) < 4.78 is 0. The summed E-state index contributed by atoms with van der Waals surface area (Å²) in [6, 6.07) is 8.63. The van der Waals surface area contributed by atoms with Crippen LogP contribution in [-0.2, 0) is 6.42 Å². The van der Waals surface area contributed by atoms with Crippen molar-refractivity contribution in [3.63, 3.8) is 0 Å². The zero-order valence-corrected chi connectivity index (χ0v) is 9.50. The average Bonchev–Trinajstić information content (AvgIpc) is 2.23. The highest BCUT2D eigenvalue weighted by molar-refractivity contribution is 5.22. The summed E-state index contributed by atoms with van der Waals surface area (Å²) in [6.45, 7) is 4.46. The standard InChI is InChI=1S/C13H21NO/c1-12-5-4-6-13(11-12)7-9-14-8-2-3-10-15/h4-6,11,14-15H,2-3,7-10H2,1H3. The summed E-state index contributed by atoms with van der Waals surface area (Å²) in [5.41, 5.74) is 2.72. The Labute approximate surface area is 92.3 Å². The van der Waals surface area contributed by atoms with Gasteiger partial charge in [0.05, 0.1) is 0 Å². The van der Waals surface area contributed by atoms with Gasteiger partial charge in [0.2, 0.25) is 0 Å². The minimum atomic E-state index is 0.305. The van der Waals surface area contributed by atoms with Gasteiger partial charge in [0.1, 0.15) is 0 Å². The van der Waals surface area contributed by atoms with E-state index in [4.69, 9.17) is 5.11 Å². The first-order valence-electron chi connectivity index (χ1n) is 5.70. The van der Waals surface area contributed by atoms with Crippen molar-refractivity contribution in [2.45, 2.75) is 26.2 Å². The summed E-state index contributed by atoms with van der Waals surface area (Å²) in [6.07, 6.45) is 3.04. The molecule has 1 aromatic carbocycles. The molecule has 0 aliphatic heterocycles. The summed E-state index contributed by atoms with van der Waals surface area (Å²) in [5, 5.41) is 12.0. The third-order valence-corrected chi connectivity index (χ3v) is 2.43. The van der Waals surface area contributed by atoms with E-state index in [2.05, 4.69) is 36.5 Å². The molecule has 0 saturated heterocycles. The van der Waals surface area contributed by atoms with E-state index in [1.165, 1.54) is 11.1 Å². The quantitative estimate of drug-likeness (QED) is 0.669. The molecule has 2 heteroatoms. The highest BCUT2D eigenvalue weighted by Crippen LogP contribution is 2.03. The second-order valence-corrected chi connectivity index (χ2v) is 3.92. The van der Waals surface area contributed by atoms with Gasteiger partial charge in [-0.2, -0.15) is 0 Å². The van der Waals surface area contributed by atoms with Crippen LogP contribution in [0.4, 0.5) is 0 Å². The predicted molar refractivity (Wildman–Crippen MR) is 64.1 cm³/mol. The second kappa shape index (κ2) is 7.43. The van der Waals surface area contributed by atoms with Gasteiger partial charge >= 0.3 is 0 Å². The number of hydrogen-bond donors (Lipinski definition) is 2. The van der Waals surface area contributed by atoms with Crippen LogP contribution < -0.4 is 5.32 Å². The molecule has 0 atom stereocenters. The van der Waals surface area contributed by atoms with E-state index in [1.807, 2.05) is 0 Å². The fourth-order valence-corrected chi connectivity index (χ4v) is 1.59. The molecule has 0 spiro atoms. The van der Waals surface area contributed by atoms with Crippen LogP contribution in [-0.4, -0.2) is 24.8 Å². The second-order valence-electron chi connectivity index (χ2n) is 3.92. The molecule has 0 radical (unpaired) electrons. The van der Waals surface area contributed by atoms with Crippen molar-refractivity contribution in [1.82, 2.24) is 5.32 Å². The maximum Gasteiger partial charge on any atom is 0.0431 e. The summed E-state index contributed by atoms with van der Waals surface area (Å²) in [5.74, 6) is 0. The number of rotatable bonds is 7. The Morgan fingerprint density at radius 3 is 2.80 bits per heavy atom. The first-order chi connectivity index (χ1) is 7.33. The molecule has 0 fully saturated rings. The highest BCUT2D eigenvalue weighted by Gasteiger charge is 1.93. The Balaban J connectivity index is 2.10. The van der Waals surface area contributed by atoms with Gasteiger partial charge in [-0.25, -0.2) is 0 Å². The molecule has 1 aromatic rings. The lowest BCUT2D eigenvalue weighted by atomic mass is 10.1. The topological polar surface area (TPSA) is 32.3 Å². The molecule has 0 saturated carbocycles. The summed E-state index contributed by atoms with van der Waals surface area (Å²) in [4.78, 5) is 0.